The van der Waals surface area contributed by atoms with Crippen molar-refractivity contribution in [2.45, 2.75) is 102 Å². The van der Waals surface area contributed by atoms with Gasteiger partial charge in [0, 0.05) is 12.1 Å². The fraction of sp³-hybridized carbons (Fsp3) is 1.00. The number of nitrogens with two attached hydrogens (primary N) is 2. The van der Waals surface area contributed by atoms with E-state index < -0.39 is 0 Å². The van der Waals surface area contributed by atoms with Crippen molar-refractivity contribution in [1.82, 2.24) is 10.6 Å². The molecule has 144 valence electrons. The Morgan fingerprint density at radius 2 is 0.708 bits per heavy atom. The zero-order valence-corrected chi connectivity index (χ0v) is 16.0. The largest absolute Gasteiger partial charge is 0.328 e. The lowest BCUT2D eigenvalue weighted by Gasteiger charge is -2.15. The van der Waals surface area contributed by atoms with Crippen LogP contribution < -0.4 is 22.1 Å². The van der Waals surface area contributed by atoms with Crippen LogP contribution in [0.3, 0.4) is 0 Å². The molecule has 0 bridgehead atoms. The molecule has 0 aromatic rings. The molecule has 0 atom stereocenters. The van der Waals surface area contributed by atoms with E-state index in [-0.39, 0.29) is 0 Å². The van der Waals surface area contributed by atoms with Crippen LogP contribution in [0.1, 0.15) is 89.9 Å². The van der Waals surface area contributed by atoms with Gasteiger partial charge in [-0.05, 0) is 77.5 Å². The van der Waals surface area contributed by atoms with Crippen LogP contribution in [-0.4, -0.2) is 38.3 Å². The maximum absolute atomic E-state index is 5.63. The number of nitrogens with one attached hydrogen (secondary N) is 2. The molecule has 0 unspecified atom stereocenters. The van der Waals surface area contributed by atoms with E-state index in [1.165, 1.54) is 116 Å². The smallest absolute Gasteiger partial charge is 0.00388 e. The molecule has 0 aromatic heterocycles. The number of hydrogen-bond donors (Lipinski definition) is 4. The molecule has 0 aromatic carbocycles. The average molecular weight is 341 g/mol. The highest BCUT2D eigenvalue weighted by molar-refractivity contribution is 4.68. The molecule has 0 radical (unpaired) electrons. The first-order valence-electron chi connectivity index (χ1n) is 10.7. The van der Waals surface area contributed by atoms with Gasteiger partial charge in [-0.15, -0.1) is 0 Å². The van der Waals surface area contributed by atoms with Crippen molar-refractivity contribution >= 4 is 0 Å². The molecule has 4 aliphatic rings. The van der Waals surface area contributed by atoms with Crippen LogP contribution in [-0.2, 0) is 0 Å². The van der Waals surface area contributed by atoms with Crippen molar-refractivity contribution in [3.8, 4) is 0 Å². The lowest BCUT2D eigenvalue weighted by Crippen LogP contribution is -2.22. The molecule has 6 N–H and O–H groups in total. The van der Waals surface area contributed by atoms with Crippen LogP contribution >= 0.6 is 0 Å². The van der Waals surface area contributed by atoms with Gasteiger partial charge in [0.1, 0.15) is 0 Å². The van der Waals surface area contributed by atoms with Crippen molar-refractivity contribution in [1.29, 1.82) is 0 Å². The van der Waals surface area contributed by atoms with Crippen molar-refractivity contribution < 1.29 is 0 Å². The van der Waals surface area contributed by atoms with Crippen molar-refractivity contribution in [3.05, 3.63) is 0 Å². The molecular formula is C20H44N4. The van der Waals surface area contributed by atoms with Gasteiger partial charge in [-0.3, -0.25) is 0 Å². The van der Waals surface area contributed by atoms with E-state index in [9.17, 15) is 0 Å². The highest BCUT2D eigenvalue weighted by Crippen LogP contribution is 2.15. The summed E-state index contributed by atoms with van der Waals surface area (Å²) in [7, 11) is 0. The third-order valence-electron chi connectivity index (χ3n) is 5.21. The summed E-state index contributed by atoms with van der Waals surface area (Å²) < 4.78 is 0. The Morgan fingerprint density at radius 3 is 0.917 bits per heavy atom. The Labute approximate surface area is 150 Å². The summed E-state index contributed by atoms with van der Waals surface area (Å²) in [6, 6.07) is 1.08. The Balaban J connectivity index is 0.000000161. The maximum atomic E-state index is 5.63. The zero-order chi connectivity index (χ0) is 17.3. The zero-order valence-electron chi connectivity index (χ0n) is 16.0. The van der Waals surface area contributed by atoms with Crippen LogP contribution in [0, 0.1) is 0 Å². The van der Waals surface area contributed by atoms with Gasteiger partial charge in [-0.1, -0.05) is 38.5 Å². The van der Waals surface area contributed by atoms with Gasteiger partial charge in [-0.25, -0.2) is 0 Å². The van der Waals surface area contributed by atoms with Crippen LogP contribution in [0.15, 0.2) is 0 Å². The molecule has 4 fully saturated rings. The van der Waals surface area contributed by atoms with Crippen molar-refractivity contribution in [2.24, 2.45) is 11.5 Å². The summed E-state index contributed by atoms with van der Waals surface area (Å²) in [6.45, 7) is 5.00. The van der Waals surface area contributed by atoms with Gasteiger partial charge < -0.3 is 22.1 Å². The molecular weight excluding hydrogens is 296 g/mol. The van der Waals surface area contributed by atoms with Crippen LogP contribution in [0.25, 0.3) is 0 Å². The van der Waals surface area contributed by atoms with Gasteiger partial charge >= 0.3 is 0 Å². The summed E-state index contributed by atoms with van der Waals surface area (Å²) in [6.07, 6.45) is 18.9. The summed E-state index contributed by atoms with van der Waals surface area (Å²) >= 11 is 0. The van der Waals surface area contributed by atoms with E-state index in [1.54, 1.807) is 0 Å². The second kappa shape index (κ2) is 16.3. The second-order valence-corrected chi connectivity index (χ2v) is 7.71. The van der Waals surface area contributed by atoms with Crippen molar-refractivity contribution in [3.63, 3.8) is 0 Å². The molecule has 2 aliphatic heterocycles. The average Bonchev–Trinajstić information content (AvgIpc) is 3.35. The third-order valence-corrected chi connectivity index (χ3v) is 5.21. The summed E-state index contributed by atoms with van der Waals surface area (Å²) in [5.41, 5.74) is 11.2. The molecule has 2 aliphatic carbocycles. The summed E-state index contributed by atoms with van der Waals surface area (Å²) in [5, 5.41) is 6.51. The lowest BCUT2D eigenvalue weighted by atomic mass is 9.97. The molecule has 0 spiro atoms. The molecule has 4 rings (SSSR count). The second-order valence-electron chi connectivity index (χ2n) is 7.71. The number of hydrogen-bond acceptors (Lipinski definition) is 4. The first-order chi connectivity index (χ1) is 11.8. The van der Waals surface area contributed by atoms with E-state index in [1.807, 2.05) is 0 Å². The predicted molar refractivity (Wildman–Crippen MR) is 106 cm³/mol. The minimum atomic E-state index is 0.536. The van der Waals surface area contributed by atoms with E-state index in [2.05, 4.69) is 10.6 Å². The van der Waals surface area contributed by atoms with Gasteiger partial charge in [0.25, 0.3) is 0 Å². The molecule has 4 nitrogen and oxygen atoms in total. The van der Waals surface area contributed by atoms with Crippen LogP contribution in [0.4, 0.5) is 0 Å². The van der Waals surface area contributed by atoms with Gasteiger partial charge in [0.15, 0.2) is 0 Å². The van der Waals surface area contributed by atoms with Gasteiger partial charge in [0.2, 0.25) is 0 Å². The molecule has 2 saturated heterocycles. The van der Waals surface area contributed by atoms with Crippen LogP contribution in [0.5, 0.6) is 0 Å². The van der Waals surface area contributed by atoms with Crippen LogP contribution in [0.2, 0.25) is 0 Å². The van der Waals surface area contributed by atoms with E-state index in [4.69, 9.17) is 11.5 Å². The lowest BCUT2D eigenvalue weighted by molar-refractivity contribution is 0.441. The van der Waals surface area contributed by atoms with Crippen molar-refractivity contribution in [2.75, 3.05) is 26.2 Å². The minimum absolute atomic E-state index is 0.536. The topological polar surface area (TPSA) is 76.1 Å². The van der Waals surface area contributed by atoms with E-state index in [0.717, 1.165) is 0 Å². The summed E-state index contributed by atoms with van der Waals surface area (Å²) in [4.78, 5) is 0. The fourth-order valence-electron chi connectivity index (χ4n) is 3.52. The standard InChI is InChI=1S/C6H13N.2C5H11N.C4H9N/c7-6-4-2-1-3-5-6;1-2-4-6-5-3-1;6-5-3-1-2-4-5;1-2-4-5-3-1/h6H,1-5,7H2;6H,1-5H2;5H,1-4,6H2;5H,1-4H2. The molecule has 2 saturated carbocycles. The molecule has 4 heteroatoms. The summed E-state index contributed by atoms with van der Waals surface area (Å²) in [5.74, 6) is 0. The predicted octanol–water partition coefficient (Wildman–Crippen LogP) is 3.30. The van der Waals surface area contributed by atoms with E-state index in [0.29, 0.717) is 12.1 Å². The maximum Gasteiger partial charge on any atom is 0.00388 e. The van der Waals surface area contributed by atoms with Gasteiger partial charge in [0.05, 0.1) is 0 Å². The Kier molecular flexibility index (Phi) is 14.9. The number of piperidine rings is 1. The SMILES string of the molecule is C1CCNC1.C1CCNCC1.NC1CCCC1.NC1CCCCC1. The Morgan fingerprint density at radius 1 is 0.417 bits per heavy atom. The highest BCUT2D eigenvalue weighted by atomic mass is 14.9. The number of rotatable bonds is 0. The Bertz CT molecular complexity index is 221. The van der Waals surface area contributed by atoms with E-state index >= 15 is 0 Å². The molecule has 0 amide bonds. The molecule has 24 heavy (non-hydrogen) atoms. The van der Waals surface area contributed by atoms with Gasteiger partial charge in [-0.2, -0.15) is 0 Å². The first-order valence-corrected chi connectivity index (χ1v) is 10.7. The Hall–Kier alpha value is -0.160. The molecule has 2 heterocycles. The normalized spacial score (nSPS) is 24.8. The first kappa shape index (κ1) is 21.9. The fourth-order valence-corrected chi connectivity index (χ4v) is 3.52. The minimum Gasteiger partial charge on any atom is -0.328 e. The quantitative estimate of drug-likeness (QED) is 0.546. The monoisotopic (exact) mass is 340 g/mol. The third kappa shape index (κ3) is 14.2. The highest BCUT2D eigenvalue weighted by Gasteiger charge is 2.07.